The summed E-state index contributed by atoms with van der Waals surface area (Å²) in [5.41, 5.74) is 1.93. The molecule has 0 bridgehead atoms. The van der Waals surface area contributed by atoms with Gasteiger partial charge in [0.25, 0.3) is 0 Å². The summed E-state index contributed by atoms with van der Waals surface area (Å²) >= 11 is 0. The van der Waals surface area contributed by atoms with Gasteiger partial charge in [-0.1, -0.05) is 42.5 Å². The molecule has 2 atom stereocenters. The molecule has 2 amide bonds. The van der Waals surface area contributed by atoms with E-state index < -0.39 is 9.84 Å². The monoisotopic (exact) mass is 589 g/mol. The zero-order valence-electron chi connectivity index (χ0n) is 23.3. The summed E-state index contributed by atoms with van der Waals surface area (Å²) < 4.78 is 28.6. The second kappa shape index (κ2) is 12.6. The van der Waals surface area contributed by atoms with Gasteiger partial charge in [0, 0.05) is 52.0 Å². The van der Waals surface area contributed by atoms with Crippen molar-refractivity contribution in [1.82, 2.24) is 14.7 Å². The number of sulfone groups is 1. The van der Waals surface area contributed by atoms with Gasteiger partial charge >= 0.3 is 0 Å². The second-order valence-corrected chi connectivity index (χ2v) is 13.5. The molecule has 8 nitrogen and oxygen atoms in total. The summed E-state index contributed by atoms with van der Waals surface area (Å²) in [5.74, 6) is 0.906. The Hall–Kier alpha value is -2.46. The first-order valence-corrected chi connectivity index (χ1v) is 15.7. The second-order valence-electron chi connectivity index (χ2n) is 11.5. The van der Waals surface area contributed by atoms with Crippen molar-refractivity contribution in [3.8, 4) is 0 Å². The highest BCUT2D eigenvalue weighted by atomic mass is 35.5. The Balaban J connectivity index is 0.00000370. The van der Waals surface area contributed by atoms with Gasteiger partial charge in [-0.2, -0.15) is 0 Å². The SMILES string of the molecule is COCC(=O)N1C[C@H](CN2CCC3(CC2)CCN(Cc2ccc(S(C)(=O)=O)cc2)C3=O)[C@@H](c2ccccc2)C1.Cl. The van der Waals surface area contributed by atoms with Crippen LogP contribution in [0.4, 0.5) is 0 Å². The third-order valence-corrected chi connectivity index (χ3v) is 10.0. The van der Waals surface area contributed by atoms with Crippen LogP contribution >= 0.6 is 12.4 Å². The van der Waals surface area contributed by atoms with E-state index in [1.54, 1.807) is 19.2 Å². The predicted molar refractivity (Wildman–Crippen MR) is 156 cm³/mol. The van der Waals surface area contributed by atoms with E-state index in [4.69, 9.17) is 4.74 Å². The van der Waals surface area contributed by atoms with Crippen LogP contribution in [0.3, 0.4) is 0 Å². The van der Waals surface area contributed by atoms with Gasteiger partial charge in [-0.05, 0) is 61.5 Å². The zero-order valence-corrected chi connectivity index (χ0v) is 25.0. The van der Waals surface area contributed by atoms with Crippen LogP contribution in [0, 0.1) is 11.3 Å². The molecule has 0 unspecified atom stereocenters. The van der Waals surface area contributed by atoms with Gasteiger partial charge in [-0.15, -0.1) is 12.4 Å². The summed E-state index contributed by atoms with van der Waals surface area (Å²) in [4.78, 5) is 32.8. The molecular weight excluding hydrogens is 550 g/mol. The number of carbonyl (C=O) groups excluding carboxylic acids is 2. The van der Waals surface area contributed by atoms with E-state index >= 15 is 0 Å². The number of amides is 2. The minimum atomic E-state index is -3.23. The quantitative estimate of drug-likeness (QED) is 0.470. The van der Waals surface area contributed by atoms with E-state index in [9.17, 15) is 18.0 Å². The summed E-state index contributed by atoms with van der Waals surface area (Å²) in [5, 5.41) is 0. The van der Waals surface area contributed by atoms with Crippen LogP contribution < -0.4 is 0 Å². The maximum Gasteiger partial charge on any atom is 0.248 e. The molecule has 40 heavy (non-hydrogen) atoms. The van der Waals surface area contributed by atoms with E-state index in [1.807, 2.05) is 28.0 Å². The van der Waals surface area contributed by atoms with Crippen molar-refractivity contribution in [2.75, 3.05) is 59.2 Å². The number of halogens is 1. The number of rotatable bonds is 8. The Bertz CT molecular complexity index is 1280. The maximum absolute atomic E-state index is 13.5. The van der Waals surface area contributed by atoms with Crippen LogP contribution in [0.1, 0.15) is 36.3 Å². The molecule has 3 aliphatic heterocycles. The average Bonchev–Trinajstić information content (AvgIpc) is 3.48. The molecule has 0 aromatic heterocycles. The molecule has 3 fully saturated rings. The molecule has 10 heteroatoms. The highest BCUT2D eigenvalue weighted by Gasteiger charge is 2.48. The van der Waals surface area contributed by atoms with Gasteiger partial charge in [0.05, 0.1) is 10.3 Å². The Morgan fingerprint density at radius 1 is 0.975 bits per heavy atom. The molecule has 3 aliphatic rings. The Morgan fingerprint density at radius 3 is 2.25 bits per heavy atom. The summed E-state index contributed by atoms with van der Waals surface area (Å²) in [6, 6.07) is 17.3. The van der Waals surface area contributed by atoms with Crippen LogP contribution in [0.25, 0.3) is 0 Å². The molecule has 1 spiro atoms. The Morgan fingerprint density at radius 2 is 1.62 bits per heavy atom. The van der Waals surface area contributed by atoms with Crippen molar-refractivity contribution >= 4 is 34.1 Å². The van der Waals surface area contributed by atoms with Crippen LogP contribution in [0.2, 0.25) is 0 Å². The topological polar surface area (TPSA) is 87.2 Å². The van der Waals surface area contributed by atoms with E-state index in [0.717, 1.165) is 57.5 Å². The standard InChI is InChI=1S/C30H39N3O5S.ClH/c1-38-22-28(34)33-20-25(27(21-33)24-6-4-3-5-7-24)19-31-15-12-30(13-16-31)14-17-32(29(30)35)18-23-8-10-26(11-9-23)39(2,36)37;/h3-11,25,27H,12-22H2,1-2H3;1H/t25-,27+;/m0./s1. The number of benzene rings is 2. The highest BCUT2D eigenvalue weighted by molar-refractivity contribution is 7.90. The molecule has 0 N–H and O–H groups in total. The largest absolute Gasteiger partial charge is 0.375 e. The number of piperidine rings is 1. The predicted octanol–water partition coefficient (Wildman–Crippen LogP) is 3.22. The summed E-state index contributed by atoms with van der Waals surface area (Å²) in [6.07, 6.45) is 3.78. The molecule has 5 rings (SSSR count). The Labute approximate surface area is 244 Å². The molecule has 0 saturated carbocycles. The Kier molecular flexibility index (Phi) is 9.60. The molecule has 0 radical (unpaired) electrons. The van der Waals surface area contributed by atoms with Crippen molar-refractivity contribution in [1.29, 1.82) is 0 Å². The number of ether oxygens (including phenoxy) is 1. The van der Waals surface area contributed by atoms with Crippen LogP contribution in [0.15, 0.2) is 59.5 Å². The number of carbonyl (C=O) groups is 2. The van der Waals surface area contributed by atoms with E-state index in [2.05, 4.69) is 29.2 Å². The van der Waals surface area contributed by atoms with Gasteiger partial charge in [0.1, 0.15) is 6.61 Å². The van der Waals surface area contributed by atoms with Gasteiger partial charge in [0.2, 0.25) is 11.8 Å². The first kappa shape index (κ1) is 30.5. The number of likely N-dealkylation sites (tertiary alicyclic amines) is 3. The fraction of sp³-hybridized carbons (Fsp3) is 0.533. The first-order chi connectivity index (χ1) is 18.7. The third kappa shape index (κ3) is 6.54. The molecule has 2 aromatic rings. The van der Waals surface area contributed by atoms with Crippen molar-refractivity contribution in [3.05, 3.63) is 65.7 Å². The number of nitrogens with zero attached hydrogens (tertiary/aromatic N) is 3. The third-order valence-electron chi connectivity index (χ3n) is 8.92. The smallest absolute Gasteiger partial charge is 0.248 e. The van der Waals surface area contributed by atoms with Crippen LogP contribution in [-0.4, -0.2) is 94.2 Å². The van der Waals surface area contributed by atoms with Crippen LogP contribution in [0.5, 0.6) is 0 Å². The number of hydrogen-bond acceptors (Lipinski definition) is 6. The van der Waals surface area contributed by atoms with Crippen molar-refractivity contribution in [3.63, 3.8) is 0 Å². The lowest BCUT2D eigenvalue weighted by Crippen LogP contribution is -2.46. The lowest BCUT2D eigenvalue weighted by Gasteiger charge is -2.39. The average molecular weight is 590 g/mol. The molecule has 2 aromatic carbocycles. The molecule has 218 valence electrons. The molecule has 3 heterocycles. The van der Waals surface area contributed by atoms with Crippen molar-refractivity contribution in [2.24, 2.45) is 11.3 Å². The van der Waals surface area contributed by atoms with E-state index in [-0.39, 0.29) is 36.2 Å². The minimum Gasteiger partial charge on any atom is -0.375 e. The fourth-order valence-electron chi connectivity index (χ4n) is 6.62. The van der Waals surface area contributed by atoms with E-state index in [1.165, 1.54) is 11.8 Å². The molecule has 0 aliphatic carbocycles. The van der Waals surface area contributed by atoms with Crippen molar-refractivity contribution < 1.29 is 22.7 Å². The van der Waals surface area contributed by atoms with Crippen LogP contribution in [-0.2, 0) is 30.7 Å². The van der Waals surface area contributed by atoms with Gasteiger partial charge in [0.15, 0.2) is 9.84 Å². The number of methoxy groups -OCH3 is 1. The van der Waals surface area contributed by atoms with Crippen molar-refractivity contribution in [2.45, 2.75) is 36.6 Å². The molecule has 3 saturated heterocycles. The maximum atomic E-state index is 13.5. The minimum absolute atomic E-state index is 0. The zero-order chi connectivity index (χ0) is 27.6. The van der Waals surface area contributed by atoms with Gasteiger partial charge in [-0.25, -0.2) is 8.42 Å². The number of hydrogen-bond donors (Lipinski definition) is 0. The summed E-state index contributed by atoms with van der Waals surface area (Å²) in [7, 11) is -1.67. The van der Waals surface area contributed by atoms with Gasteiger partial charge < -0.3 is 19.4 Å². The lowest BCUT2D eigenvalue weighted by molar-refractivity contribution is -0.139. The normalized spacial score (nSPS) is 23.0. The fourth-order valence-corrected chi connectivity index (χ4v) is 7.25. The molecular formula is C30H40ClN3O5S. The van der Waals surface area contributed by atoms with E-state index in [0.29, 0.717) is 29.8 Å². The van der Waals surface area contributed by atoms with Gasteiger partial charge in [-0.3, -0.25) is 9.59 Å². The highest BCUT2D eigenvalue weighted by Crippen LogP contribution is 2.43. The summed E-state index contributed by atoms with van der Waals surface area (Å²) in [6.45, 7) is 5.49. The first-order valence-electron chi connectivity index (χ1n) is 13.8. The lowest BCUT2D eigenvalue weighted by atomic mass is 9.76.